The molecule has 0 saturated carbocycles. The number of rotatable bonds is 5. The van der Waals surface area contributed by atoms with Crippen LogP contribution in [0.2, 0.25) is 0 Å². The highest BCUT2D eigenvalue weighted by molar-refractivity contribution is 8.00. The third kappa shape index (κ3) is 3.86. The van der Waals surface area contributed by atoms with E-state index in [-0.39, 0.29) is 11.2 Å². The highest BCUT2D eigenvalue weighted by atomic mass is 32.2. The molecule has 4 nitrogen and oxygen atoms in total. The van der Waals surface area contributed by atoms with Crippen LogP contribution in [0, 0.1) is 0 Å². The second kappa shape index (κ2) is 6.43. The first-order valence-electron chi connectivity index (χ1n) is 6.02. The Labute approximate surface area is 116 Å². The van der Waals surface area contributed by atoms with E-state index >= 15 is 0 Å². The topological polar surface area (TPSA) is 44.1 Å². The smallest absolute Gasteiger partial charge is 0.247 e. The molecule has 0 amide bonds. The largest absolute Gasteiger partial charge is 0.497 e. The van der Waals surface area contributed by atoms with E-state index in [0.717, 1.165) is 10.6 Å². The molecule has 2 aromatic rings. The van der Waals surface area contributed by atoms with Crippen molar-refractivity contribution in [1.29, 1.82) is 0 Å². The lowest BCUT2D eigenvalue weighted by atomic mass is 10.3. The van der Waals surface area contributed by atoms with Gasteiger partial charge in [0.15, 0.2) is 0 Å². The number of ether oxygens (including phenoxy) is 1. The second-order valence-electron chi connectivity index (χ2n) is 4.15. The van der Waals surface area contributed by atoms with Gasteiger partial charge in [0.05, 0.1) is 7.11 Å². The van der Waals surface area contributed by atoms with E-state index in [0.29, 0.717) is 6.42 Å². The molecule has 0 radical (unpaired) electrons. The van der Waals surface area contributed by atoms with Crippen molar-refractivity contribution in [2.75, 3.05) is 7.11 Å². The van der Waals surface area contributed by atoms with E-state index in [1.165, 1.54) is 4.68 Å². The summed E-state index contributed by atoms with van der Waals surface area (Å²) in [5.74, 6) is 0.850. The number of benzene rings is 1. The summed E-state index contributed by atoms with van der Waals surface area (Å²) in [6.45, 7) is 2.04. The number of hydrogen-bond acceptors (Lipinski definition) is 4. The van der Waals surface area contributed by atoms with Crippen LogP contribution in [0.5, 0.6) is 5.75 Å². The zero-order valence-electron chi connectivity index (χ0n) is 10.9. The fourth-order valence-corrected chi connectivity index (χ4v) is 2.67. The minimum absolute atomic E-state index is 0.0125. The van der Waals surface area contributed by atoms with Crippen LogP contribution >= 0.6 is 11.8 Å². The van der Waals surface area contributed by atoms with Crippen molar-refractivity contribution in [3.05, 3.63) is 42.7 Å². The van der Waals surface area contributed by atoms with Gasteiger partial charge in [-0.05, 0) is 30.3 Å². The van der Waals surface area contributed by atoms with Gasteiger partial charge in [0.1, 0.15) is 5.75 Å². The van der Waals surface area contributed by atoms with Gasteiger partial charge in [-0.3, -0.25) is 4.79 Å². The quantitative estimate of drug-likeness (QED) is 0.787. The number of nitrogens with zero attached hydrogens (tertiary/aromatic N) is 2. The number of thioether (sulfide) groups is 1. The number of hydrogen-bond donors (Lipinski definition) is 0. The third-order valence-electron chi connectivity index (χ3n) is 2.62. The van der Waals surface area contributed by atoms with E-state index < -0.39 is 0 Å². The van der Waals surface area contributed by atoms with Crippen LogP contribution in [0.1, 0.15) is 18.1 Å². The molecule has 1 aromatic carbocycles. The minimum Gasteiger partial charge on any atom is -0.497 e. The van der Waals surface area contributed by atoms with Crippen LogP contribution in [-0.2, 0) is 0 Å². The van der Waals surface area contributed by atoms with Crippen LogP contribution in [-0.4, -0.2) is 28.0 Å². The number of carbonyl (C=O) groups excluding carboxylic acids is 1. The van der Waals surface area contributed by atoms with Crippen molar-refractivity contribution in [3.8, 4) is 5.75 Å². The molecular weight excluding hydrogens is 260 g/mol. The molecule has 0 fully saturated rings. The predicted molar refractivity (Wildman–Crippen MR) is 75.8 cm³/mol. The van der Waals surface area contributed by atoms with E-state index in [1.807, 2.05) is 31.2 Å². The van der Waals surface area contributed by atoms with Crippen LogP contribution in [0.25, 0.3) is 0 Å². The number of methoxy groups -OCH3 is 1. The summed E-state index contributed by atoms with van der Waals surface area (Å²) in [6.07, 6.45) is 3.74. The highest BCUT2D eigenvalue weighted by Gasteiger charge is 2.12. The molecule has 0 aliphatic carbocycles. The third-order valence-corrected chi connectivity index (χ3v) is 3.73. The molecule has 0 spiro atoms. The van der Waals surface area contributed by atoms with E-state index in [1.54, 1.807) is 37.3 Å². The van der Waals surface area contributed by atoms with Crippen molar-refractivity contribution in [1.82, 2.24) is 9.78 Å². The SMILES string of the molecule is COc1ccc(S[C@H](C)CC(=O)n2cccn2)cc1. The lowest BCUT2D eigenvalue weighted by Crippen LogP contribution is -2.15. The highest BCUT2D eigenvalue weighted by Crippen LogP contribution is 2.27. The molecule has 2 rings (SSSR count). The molecule has 1 heterocycles. The molecule has 0 bridgehead atoms. The van der Waals surface area contributed by atoms with Gasteiger partial charge in [0, 0.05) is 29.0 Å². The van der Waals surface area contributed by atoms with Gasteiger partial charge < -0.3 is 4.74 Å². The molecule has 1 aromatic heterocycles. The molecule has 100 valence electrons. The van der Waals surface area contributed by atoms with E-state index in [9.17, 15) is 4.79 Å². The number of carbonyl (C=O) groups is 1. The molecule has 5 heteroatoms. The van der Waals surface area contributed by atoms with Gasteiger partial charge >= 0.3 is 0 Å². The van der Waals surface area contributed by atoms with Crippen molar-refractivity contribution < 1.29 is 9.53 Å². The van der Waals surface area contributed by atoms with Gasteiger partial charge in [-0.1, -0.05) is 6.92 Å². The Balaban J connectivity index is 1.90. The number of aromatic nitrogens is 2. The second-order valence-corrected chi connectivity index (χ2v) is 5.66. The lowest BCUT2D eigenvalue weighted by Gasteiger charge is -2.10. The van der Waals surface area contributed by atoms with Crippen molar-refractivity contribution in [3.63, 3.8) is 0 Å². The maximum absolute atomic E-state index is 11.9. The zero-order valence-corrected chi connectivity index (χ0v) is 11.8. The maximum Gasteiger partial charge on any atom is 0.247 e. The van der Waals surface area contributed by atoms with Gasteiger partial charge in [-0.15, -0.1) is 11.8 Å². The summed E-state index contributed by atoms with van der Waals surface area (Å²) in [4.78, 5) is 13.0. The van der Waals surface area contributed by atoms with Gasteiger partial charge in [0.25, 0.3) is 0 Å². The summed E-state index contributed by atoms with van der Waals surface area (Å²) < 4.78 is 6.49. The first kappa shape index (κ1) is 13.7. The molecule has 0 unspecified atom stereocenters. The molecule has 0 N–H and O–H groups in total. The molecule has 0 aliphatic rings. The van der Waals surface area contributed by atoms with Crippen LogP contribution < -0.4 is 4.74 Å². The Morgan fingerprint density at radius 1 is 1.42 bits per heavy atom. The zero-order chi connectivity index (χ0) is 13.7. The van der Waals surface area contributed by atoms with Crippen molar-refractivity contribution in [2.45, 2.75) is 23.5 Å². The fraction of sp³-hybridized carbons (Fsp3) is 0.286. The first-order valence-corrected chi connectivity index (χ1v) is 6.90. The van der Waals surface area contributed by atoms with Gasteiger partial charge in [0.2, 0.25) is 5.91 Å². The summed E-state index contributed by atoms with van der Waals surface area (Å²) in [5, 5.41) is 4.14. The minimum atomic E-state index is 0.0125. The van der Waals surface area contributed by atoms with Crippen LogP contribution in [0.15, 0.2) is 47.6 Å². The van der Waals surface area contributed by atoms with Crippen molar-refractivity contribution >= 4 is 17.7 Å². The first-order chi connectivity index (χ1) is 9.19. The maximum atomic E-state index is 11.9. The average molecular weight is 276 g/mol. The molecule has 19 heavy (non-hydrogen) atoms. The molecule has 0 aliphatic heterocycles. The molecule has 0 saturated heterocycles. The fourth-order valence-electron chi connectivity index (χ4n) is 1.68. The van der Waals surface area contributed by atoms with Gasteiger partial charge in [-0.2, -0.15) is 5.10 Å². The Morgan fingerprint density at radius 2 is 2.16 bits per heavy atom. The monoisotopic (exact) mass is 276 g/mol. The summed E-state index contributed by atoms with van der Waals surface area (Å²) in [7, 11) is 1.65. The van der Waals surface area contributed by atoms with Crippen molar-refractivity contribution in [2.24, 2.45) is 0 Å². The van der Waals surface area contributed by atoms with E-state index in [2.05, 4.69) is 5.10 Å². The molecule has 1 atom stereocenters. The molecular formula is C14H16N2O2S. The standard InChI is InChI=1S/C14H16N2O2S/c1-11(10-14(17)16-9-3-8-15-16)19-13-6-4-12(18-2)5-7-13/h3-9,11H,10H2,1-2H3/t11-/m1/s1. The Kier molecular flexibility index (Phi) is 4.63. The Bertz CT molecular complexity index is 523. The predicted octanol–water partition coefficient (Wildman–Crippen LogP) is 3.10. The Morgan fingerprint density at radius 3 is 2.74 bits per heavy atom. The summed E-state index contributed by atoms with van der Waals surface area (Å²) >= 11 is 1.67. The Hall–Kier alpha value is -1.75. The van der Waals surface area contributed by atoms with Crippen LogP contribution in [0.3, 0.4) is 0 Å². The lowest BCUT2D eigenvalue weighted by molar-refractivity contribution is 0.0888. The summed E-state index contributed by atoms with van der Waals surface area (Å²) in [5.41, 5.74) is 0. The normalized spacial score (nSPS) is 12.1. The van der Waals surface area contributed by atoms with E-state index in [4.69, 9.17) is 4.74 Å². The van der Waals surface area contributed by atoms with Crippen LogP contribution in [0.4, 0.5) is 0 Å². The average Bonchev–Trinajstić information content (AvgIpc) is 2.93. The van der Waals surface area contributed by atoms with Gasteiger partial charge in [-0.25, -0.2) is 4.68 Å². The summed E-state index contributed by atoms with van der Waals surface area (Å²) in [6, 6.07) is 9.59.